The Balaban J connectivity index is 2.13. The average Bonchev–Trinajstić information content (AvgIpc) is 2.33. The van der Waals surface area contributed by atoms with Gasteiger partial charge in [-0.05, 0) is 13.3 Å². The fraction of sp³-hybridized carbons (Fsp3) is 0.875. The molecule has 0 aromatic carbocycles. The zero-order valence-corrected chi connectivity index (χ0v) is 6.56. The second kappa shape index (κ2) is 2.26. The zero-order chi connectivity index (χ0) is 6.97. The van der Waals surface area contributed by atoms with Crippen molar-refractivity contribution < 1.29 is 4.58 Å². The van der Waals surface area contributed by atoms with Gasteiger partial charge in [0.25, 0.3) is 0 Å². The standard InChI is InChI=1S/C8H14N2/c1-7-4-6-10-5-2-3-8(10)9-7/h7H,2-6H2,1H3/p+1/t7-/m0/s1. The molecular weight excluding hydrogens is 124 g/mol. The first-order valence-electron chi connectivity index (χ1n) is 4.23. The Morgan fingerprint density at radius 2 is 2.40 bits per heavy atom. The topological polar surface area (TPSA) is 15.0 Å². The first kappa shape index (κ1) is 6.20. The van der Waals surface area contributed by atoms with Gasteiger partial charge in [-0.15, -0.1) is 0 Å². The Kier molecular flexibility index (Phi) is 1.40. The molecule has 0 saturated carbocycles. The minimum atomic E-state index is 0.712. The Morgan fingerprint density at radius 3 is 3.30 bits per heavy atom. The highest BCUT2D eigenvalue weighted by molar-refractivity contribution is 5.78. The lowest BCUT2D eigenvalue weighted by Crippen LogP contribution is -2.42. The minimum absolute atomic E-state index is 0.712. The highest BCUT2D eigenvalue weighted by atomic mass is 15.2. The molecule has 0 unspecified atom stereocenters. The summed E-state index contributed by atoms with van der Waals surface area (Å²) in [4.78, 5) is 0. The molecule has 2 nitrogen and oxygen atoms in total. The summed E-state index contributed by atoms with van der Waals surface area (Å²) in [5.41, 5.74) is 0. The molecule has 0 radical (unpaired) electrons. The number of rotatable bonds is 0. The summed E-state index contributed by atoms with van der Waals surface area (Å²) >= 11 is 0. The van der Waals surface area contributed by atoms with Gasteiger partial charge in [0.2, 0.25) is 5.84 Å². The van der Waals surface area contributed by atoms with Gasteiger partial charge < -0.3 is 0 Å². The van der Waals surface area contributed by atoms with Crippen molar-refractivity contribution in [2.75, 3.05) is 13.1 Å². The van der Waals surface area contributed by atoms with E-state index in [1.54, 1.807) is 0 Å². The van der Waals surface area contributed by atoms with Crippen molar-refractivity contribution in [2.45, 2.75) is 32.2 Å². The van der Waals surface area contributed by atoms with Crippen LogP contribution in [-0.4, -0.2) is 29.5 Å². The van der Waals surface area contributed by atoms with Gasteiger partial charge in [0.05, 0.1) is 25.6 Å². The van der Waals surface area contributed by atoms with E-state index in [1.807, 2.05) is 0 Å². The van der Waals surface area contributed by atoms with Crippen LogP contribution < -0.4 is 5.32 Å². The van der Waals surface area contributed by atoms with E-state index >= 15 is 0 Å². The molecule has 10 heavy (non-hydrogen) atoms. The second-order valence-corrected chi connectivity index (χ2v) is 3.37. The van der Waals surface area contributed by atoms with Crippen molar-refractivity contribution in [3.63, 3.8) is 0 Å². The van der Waals surface area contributed by atoms with Crippen LogP contribution >= 0.6 is 0 Å². The number of hydrogen-bond donors (Lipinski definition) is 1. The van der Waals surface area contributed by atoms with Crippen LogP contribution in [0, 0.1) is 0 Å². The number of hydrogen-bond acceptors (Lipinski definition) is 1. The molecule has 0 amide bonds. The molecule has 0 aliphatic carbocycles. The summed E-state index contributed by atoms with van der Waals surface area (Å²) < 4.78 is 2.49. The molecule has 2 aliphatic rings. The van der Waals surface area contributed by atoms with E-state index in [9.17, 15) is 0 Å². The third-order valence-electron chi connectivity index (χ3n) is 2.47. The molecule has 2 rings (SSSR count). The fourth-order valence-corrected chi connectivity index (χ4v) is 1.85. The highest BCUT2D eigenvalue weighted by Crippen LogP contribution is 2.09. The normalized spacial score (nSPS) is 31.9. The Morgan fingerprint density at radius 1 is 1.50 bits per heavy atom. The van der Waals surface area contributed by atoms with Crippen molar-refractivity contribution in [3.8, 4) is 0 Å². The van der Waals surface area contributed by atoms with E-state index in [2.05, 4.69) is 16.8 Å². The second-order valence-electron chi connectivity index (χ2n) is 3.37. The van der Waals surface area contributed by atoms with Gasteiger partial charge in [-0.2, -0.15) is 0 Å². The number of nitrogens with zero attached hydrogens (tertiary/aromatic N) is 1. The molecular formula is C8H15N2+. The van der Waals surface area contributed by atoms with Crippen LogP contribution in [0.3, 0.4) is 0 Å². The fourth-order valence-electron chi connectivity index (χ4n) is 1.85. The maximum Gasteiger partial charge on any atom is 0.245 e. The lowest BCUT2D eigenvalue weighted by atomic mass is 10.2. The van der Waals surface area contributed by atoms with Crippen LogP contribution in [0.1, 0.15) is 26.2 Å². The zero-order valence-electron chi connectivity index (χ0n) is 6.56. The van der Waals surface area contributed by atoms with Crippen LogP contribution in [0.15, 0.2) is 0 Å². The average molecular weight is 139 g/mol. The molecule has 1 N–H and O–H groups in total. The first-order chi connectivity index (χ1) is 4.86. The minimum Gasteiger partial charge on any atom is -0.276 e. The predicted molar refractivity (Wildman–Crippen MR) is 41.5 cm³/mol. The SMILES string of the molecule is C[C@H]1CC[N+]2=C(CCC2)N1. The molecule has 0 aromatic rings. The molecule has 0 aromatic heterocycles. The van der Waals surface area contributed by atoms with Gasteiger partial charge in [0.1, 0.15) is 0 Å². The summed E-state index contributed by atoms with van der Waals surface area (Å²) in [6, 6.07) is 0.712. The molecule has 0 saturated heterocycles. The highest BCUT2D eigenvalue weighted by Gasteiger charge is 2.26. The summed E-state index contributed by atoms with van der Waals surface area (Å²) in [7, 11) is 0. The molecule has 56 valence electrons. The summed E-state index contributed by atoms with van der Waals surface area (Å²) in [5, 5.41) is 3.52. The summed E-state index contributed by atoms with van der Waals surface area (Å²) in [5.74, 6) is 1.50. The van der Waals surface area contributed by atoms with Crippen LogP contribution in [-0.2, 0) is 0 Å². The Bertz CT molecular complexity index is 172. The summed E-state index contributed by atoms with van der Waals surface area (Å²) in [6.07, 6.45) is 3.95. The monoisotopic (exact) mass is 139 g/mol. The molecule has 0 fully saturated rings. The predicted octanol–water partition coefficient (Wildman–Crippen LogP) is 0.573. The maximum atomic E-state index is 3.52. The third kappa shape index (κ3) is 0.917. The van der Waals surface area contributed by atoms with Crippen LogP contribution in [0.4, 0.5) is 0 Å². The maximum absolute atomic E-state index is 3.52. The van der Waals surface area contributed by atoms with Gasteiger partial charge in [-0.25, -0.2) is 0 Å². The van der Waals surface area contributed by atoms with E-state index < -0.39 is 0 Å². The lowest BCUT2D eigenvalue weighted by Gasteiger charge is -2.16. The Hall–Kier alpha value is -0.530. The quantitative estimate of drug-likeness (QED) is 0.485. The molecule has 0 spiro atoms. The molecule has 1 atom stereocenters. The van der Waals surface area contributed by atoms with Crippen LogP contribution in [0.2, 0.25) is 0 Å². The first-order valence-corrected chi connectivity index (χ1v) is 4.23. The molecule has 2 aliphatic heterocycles. The van der Waals surface area contributed by atoms with Crippen LogP contribution in [0.25, 0.3) is 0 Å². The third-order valence-corrected chi connectivity index (χ3v) is 2.47. The van der Waals surface area contributed by atoms with Crippen molar-refractivity contribution >= 4 is 5.84 Å². The van der Waals surface area contributed by atoms with Crippen molar-refractivity contribution in [1.82, 2.24) is 5.32 Å². The number of nitrogens with one attached hydrogen (secondary N) is 1. The van der Waals surface area contributed by atoms with E-state index in [1.165, 1.54) is 38.2 Å². The lowest BCUT2D eigenvalue weighted by molar-refractivity contribution is -0.526. The molecule has 2 heteroatoms. The van der Waals surface area contributed by atoms with Gasteiger partial charge >= 0.3 is 0 Å². The molecule has 2 heterocycles. The van der Waals surface area contributed by atoms with Crippen molar-refractivity contribution in [2.24, 2.45) is 0 Å². The largest absolute Gasteiger partial charge is 0.276 e. The van der Waals surface area contributed by atoms with Crippen LogP contribution in [0.5, 0.6) is 0 Å². The van der Waals surface area contributed by atoms with Crippen molar-refractivity contribution in [1.29, 1.82) is 0 Å². The number of amidine groups is 1. The van der Waals surface area contributed by atoms with Gasteiger partial charge in [-0.3, -0.25) is 9.89 Å². The summed E-state index contributed by atoms with van der Waals surface area (Å²) in [6.45, 7) is 4.83. The van der Waals surface area contributed by atoms with E-state index in [0.29, 0.717) is 6.04 Å². The van der Waals surface area contributed by atoms with Gasteiger partial charge in [-0.1, -0.05) is 0 Å². The van der Waals surface area contributed by atoms with E-state index in [-0.39, 0.29) is 0 Å². The van der Waals surface area contributed by atoms with E-state index in [0.717, 1.165) is 0 Å². The Labute approximate surface area is 61.9 Å². The van der Waals surface area contributed by atoms with Gasteiger partial charge in [0, 0.05) is 6.42 Å². The van der Waals surface area contributed by atoms with Gasteiger partial charge in [0.15, 0.2) is 0 Å². The molecule has 0 bridgehead atoms. The van der Waals surface area contributed by atoms with E-state index in [4.69, 9.17) is 0 Å². The van der Waals surface area contributed by atoms with Crippen molar-refractivity contribution in [3.05, 3.63) is 0 Å². The smallest absolute Gasteiger partial charge is 0.245 e.